The van der Waals surface area contributed by atoms with E-state index in [1.54, 1.807) is 6.07 Å². The van der Waals surface area contributed by atoms with Gasteiger partial charge in [-0.25, -0.2) is 4.98 Å². The topological polar surface area (TPSA) is 24.9 Å². The number of aromatic nitrogens is 1. The molecule has 17 heavy (non-hydrogen) atoms. The van der Waals surface area contributed by atoms with Crippen molar-refractivity contribution in [2.24, 2.45) is 5.92 Å². The second-order valence-electron chi connectivity index (χ2n) is 4.61. The molecule has 1 aromatic heterocycles. The third kappa shape index (κ3) is 4.90. The van der Waals surface area contributed by atoms with Crippen LogP contribution in [0.15, 0.2) is 6.07 Å². The van der Waals surface area contributed by atoms with Crippen LogP contribution in [-0.4, -0.2) is 11.0 Å². The minimum absolute atomic E-state index is 0.273. The third-order valence-electron chi connectivity index (χ3n) is 2.45. The first-order valence-electron chi connectivity index (χ1n) is 5.68. The van der Waals surface area contributed by atoms with E-state index in [9.17, 15) is 0 Å². The molecule has 1 heterocycles. The van der Waals surface area contributed by atoms with Crippen molar-refractivity contribution in [3.05, 3.63) is 21.3 Å². The molecule has 5 heteroatoms. The van der Waals surface area contributed by atoms with Crippen molar-refractivity contribution in [3.63, 3.8) is 0 Å². The molecule has 0 bridgehead atoms. The Labute approximate surface area is 118 Å². The summed E-state index contributed by atoms with van der Waals surface area (Å²) in [5.41, 5.74) is 0. The summed E-state index contributed by atoms with van der Waals surface area (Å²) in [5.74, 6) is 1.29. The van der Waals surface area contributed by atoms with E-state index in [1.807, 2.05) is 0 Å². The van der Waals surface area contributed by atoms with Gasteiger partial charge in [-0.15, -0.1) is 0 Å². The van der Waals surface area contributed by atoms with E-state index < -0.39 is 0 Å². The van der Waals surface area contributed by atoms with Crippen LogP contribution in [0.4, 0.5) is 5.82 Å². The average molecular weight is 296 g/mol. The molecule has 0 amide bonds. The average Bonchev–Trinajstić information content (AvgIpc) is 2.23. The van der Waals surface area contributed by atoms with Gasteiger partial charge < -0.3 is 5.32 Å². The van der Waals surface area contributed by atoms with Crippen molar-refractivity contribution in [2.45, 2.75) is 39.7 Å². The highest BCUT2D eigenvalue weighted by Gasteiger charge is 2.10. The lowest BCUT2D eigenvalue weighted by molar-refractivity contribution is 0.527. The van der Waals surface area contributed by atoms with Crippen molar-refractivity contribution >= 4 is 40.6 Å². The summed E-state index contributed by atoms with van der Waals surface area (Å²) in [6.45, 7) is 6.51. The van der Waals surface area contributed by atoms with Crippen LogP contribution in [0.2, 0.25) is 15.2 Å². The van der Waals surface area contributed by atoms with Gasteiger partial charge in [0.1, 0.15) is 11.0 Å². The molecule has 0 fully saturated rings. The molecule has 0 radical (unpaired) electrons. The SMILES string of the molecule is CC(C)CCC(C)Nc1nc(Cl)c(Cl)cc1Cl. The largest absolute Gasteiger partial charge is 0.366 e. The van der Waals surface area contributed by atoms with Crippen LogP contribution >= 0.6 is 34.8 Å². The highest BCUT2D eigenvalue weighted by molar-refractivity contribution is 6.42. The van der Waals surface area contributed by atoms with Crippen molar-refractivity contribution < 1.29 is 0 Å². The first-order chi connectivity index (χ1) is 7.90. The highest BCUT2D eigenvalue weighted by atomic mass is 35.5. The molecule has 0 saturated heterocycles. The fraction of sp³-hybridized carbons (Fsp3) is 0.583. The highest BCUT2D eigenvalue weighted by Crippen LogP contribution is 2.29. The molecule has 0 aliphatic heterocycles. The van der Waals surface area contributed by atoms with Gasteiger partial charge in [0.15, 0.2) is 0 Å². The van der Waals surface area contributed by atoms with Gasteiger partial charge in [0.2, 0.25) is 0 Å². The Balaban J connectivity index is 2.65. The molecule has 2 nitrogen and oxygen atoms in total. The van der Waals surface area contributed by atoms with Gasteiger partial charge in [0.05, 0.1) is 10.0 Å². The number of pyridine rings is 1. The summed E-state index contributed by atoms with van der Waals surface area (Å²) in [6, 6.07) is 1.91. The fourth-order valence-electron chi connectivity index (χ4n) is 1.43. The molecule has 1 N–H and O–H groups in total. The number of rotatable bonds is 5. The zero-order valence-electron chi connectivity index (χ0n) is 10.2. The molecule has 1 atom stereocenters. The van der Waals surface area contributed by atoms with Crippen molar-refractivity contribution in [1.82, 2.24) is 4.98 Å². The van der Waals surface area contributed by atoms with Gasteiger partial charge >= 0.3 is 0 Å². The lowest BCUT2D eigenvalue weighted by Gasteiger charge is -2.16. The van der Waals surface area contributed by atoms with Crippen molar-refractivity contribution in [3.8, 4) is 0 Å². The molecule has 1 unspecified atom stereocenters. The van der Waals surface area contributed by atoms with Crippen molar-refractivity contribution in [1.29, 1.82) is 0 Å². The van der Waals surface area contributed by atoms with Crippen LogP contribution in [0.5, 0.6) is 0 Å². The second kappa shape index (κ2) is 6.67. The zero-order valence-corrected chi connectivity index (χ0v) is 12.5. The maximum Gasteiger partial charge on any atom is 0.150 e. The number of halogens is 3. The summed E-state index contributed by atoms with van der Waals surface area (Å²) >= 11 is 17.7. The Kier molecular flexibility index (Phi) is 5.84. The third-order valence-corrected chi connectivity index (χ3v) is 3.41. The molecule has 0 aliphatic carbocycles. The van der Waals surface area contributed by atoms with Gasteiger partial charge in [-0.2, -0.15) is 0 Å². The van der Waals surface area contributed by atoms with E-state index in [4.69, 9.17) is 34.8 Å². The maximum atomic E-state index is 6.04. The van der Waals surface area contributed by atoms with Crippen LogP contribution in [0, 0.1) is 5.92 Å². The molecule has 1 aromatic rings. The zero-order chi connectivity index (χ0) is 13.0. The van der Waals surface area contributed by atoms with Crippen molar-refractivity contribution in [2.75, 3.05) is 5.32 Å². The lowest BCUT2D eigenvalue weighted by atomic mass is 10.0. The van der Waals surface area contributed by atoms with Crippen LogP contribution < -0.4 is 5.32 Å². The summed E-state index contributed by atoms with van der Waals surface area (Å²) in [4.78, 5) is 4.13. The molecule has 0 spiro atoms. The van der Waals surface area contributed by atoms with E-state index >= 15 is 0 Å². The number of hydrogen-bond donors (Lipinski definition) is 1. The smallest absolute Gasteiger partial charge is 0.150 e. The first-order valence-corrected chi connectivity index (χ1v) is 6.81. The summed E-state index contributed by atoms with van der Waals surface area (Å²) in [5, 5.41) is 4.39. The summed E-state index contributed by atoms with van der Waals surface area (Å²) in [6.07, 6.45) is 2.23. The van der Waals surface area contributed by atoms with E-state index in [-0.39, 0.29) is 5.15 Å². The Bertz CT molecular complexity index is 380. The minimum atomic E-state index is 0.273. The molecular formula is C12H17Cl3N2. The second-order valence-corrected chi connectivity index (χ2v) is 5.78. The maximum absolute atomic E-state index is 6.04. The summed E-state index contributed by atoms with van der Waals surface area (Å²) < 4.78 is 0. The van der Waals surface area contributed by atoms with Gasteiger partial charge in [0.25, 0.3) is 0 Å². The van der Waals surface area contributed by atoms with Crippen LogP contribution in [0.25, 0.3) is 0 Å². The normalized spacial score (nSPS) is 12.9. The van der Waals surface area contributed by atoms with E-state index in [0.29, 0.717) is 27.8 Å². The van der Waals surface area contributed by atoms with E-state index in [0.717, 1.165) is 12.8 Å². The summed E-state index contributed by atoms with van der Waals surface area (Å²) in [7, 11) is 0. The minimum Gasteiger partial charge on any atom is -0.366 e. The Morgan fingerprint density at radius 1 is 1.12 bits per heavy atom. The standard InChI is InChI=1S/C12H17Cl3N2/c1-7(2)4-5-8(3)16-12-10(14)6-9(13)11(15)17-12/h6-8H,4-5H2,1-3H3,(H,16,17). The van der Waals surface area contributed by atoms with E-state index in [1.165, 1.54) is 0 Å². The van der Waals surface area contributed by atoms with Gasteiger partial charge in [-0.05, 0) is 31.7 Å². The van der Waals surface area contributed by atoms with Gasteiger partial charge in [-0.3, -0.25) is 0 Å². The van der Waals surface area contributed by atoms with Gasteiger partial charge in [-0.1, -0.05) is 48.7 Å². The predicted molar refractivity (Wildman–Crippen MR) is 76.4 cm³/mol. The Morgan fingerprint density at radius 3 is 2.35 bits per heavy atom. The van der Waals surface area contributed by atoms with E-state index in [2.05, 4.69) is 31.1 Å². The molecule has 0 aliphatic rings. The van der Waals surface area contributed by atoms with Crippen LogP contribution in [-0.2, 0) is 0 Å². The quantitative estimate of drug-likeness (QED) is 0.748. The molecule has 0 saturated carbocycles. The first kappa shape index (κ1) is 14.9. The molecule has 96 valence electrons. The fourth-order valence-corrected chi connectivity index (χ4v) is 1.99. The number of nitrogens with one attached hydrogen (secondary N) is 1. The molecule has 1 rings (SSSR count). The van der Waals surface area contributed by atoms with Crippen LogP contribution in [0.3, 0.4) is 0 Å². The Morgan fingerprint density at radius 2 is 1.76 bits per heavy atom. The van der Waals surface area contributed by atoms with Gasteiger partial charge in [0, 0.05) is 6.04 Å². The predicted octanol–water partition coefficient (Wildman–Crippen LogP) is 5.28. The number of nitrogens with zero attached hydrogens (tertiary/aromatic N) is 1. The Hall–Kier alpha value is -0.180. The molecule has 0 aromatic carbocycles. The van der Waals surface area contributed by atoms with Crippen LogP contribution in [0.1, 0.15) is 33.6 Å². The number of anilines is 1. The number of hydrogen-bond acceptors (Lipinski definition) is 2. The molecular weight excluding hydrogens is 279 g/mol. The monoisotopic (exact) mass is 294 g/mol. The lowest BCUT2D eigenvalue weighted by Crippen LogP contribution is -2.17.